The van der Waals surface area contributed by atoms with Gasteiger partial charge in [0.15, 0.2) is 6.61 Å². The van der Waals surface area contributed by atoms with Crippen LogP contribution in [0.4, 0.5) is 0 Å². The molecule has 24 heavy (non-hydrogen) atoms. The van der Waals surface area contributed by atoms with Crippen molar-refractivity contribution < 1.29 is 23.8 Å². The predicted molar refractivity (Wildman–Crippen MR) is 93.7 cm³/mol. The van der Waals surface area contributed by atoms with Gasteiger partial charge < -0.3 is 19.5 Å². The Bertz CT molecular complexity index is 692. The molecule has 0 aliphatic heterocycles. The molecular weight excluding hydrogens is 398 g/mol. The van der Waals surface area contributed by atoms with Crippen LogP contribution in [0.25, 0.3) is 0 Å². The maximum Gasteiger partial charge on any atom is 0.338 e. The van der Waals surface area contributed by atoms with Gasteiger partial charge in [-0.3, -0.25) is 4.79 Å². The van der Waals surface area contributed by atoms with Crippen LogP contribution < -0.4 is 14.8 Å². The third-order valence-electron chi connectivity index (χ3n) is 3.06. The molecule has 0 saturated carbocycles. The van der Waals surface area contributed by atoms with Crippen molar-refractivity contribution in [1.29, 1.82) is 0 Å². The first-order valence-corrected chi connectivity index (χ1v) is 8.60. The lowest BCUT2D eigenvalue weighted by Gasteiger charge is -2.11. The van der Waals surface area contributed by atoms with Crippen molar-refractivity contribution in [2.24, 2.45) is 0 Å². The Labute approximate surface area is 151 Å². The maximum absolute atomic E-state index is 12.1. The third-order valence-corrected chi connectivity index (χ3v) is 4.71. The number of rotatable bonds is 7. The zero-order valence-electron chi connectivity index (χ0n) is 13.1. The predicted octanol–water partition coefficient (Wildman–Crippen LogP) is 3.00. The van der Waals surface area contributed by atoms with Crippen molar-refractivity contribution in [3.8, 4) is 11.5 Å². The number of ether oxygens (including phenoxy) is 3. The minimum Gasteiger partial charge on any atom is -0.495 e. The fraction of sp³-hybridized carbons (Fsp3) is 0.250. The number of carbonyl (C=O) groups is 2. The molecule has 0 saturated heterocycles. The van der Waals surface area contributed by atoms with E-state index in [1.807, 2.05) is 17.5 Å². The van der Waals surface area contributed by atoms with Crippen molar-refractivity contribution >= 4 is 39.1 Å². The minimum atomic E-state index is -0.634. The molecule has 0 bridgehead atoms. The summed E-state index contributed by atoms with van der Waals surface area (Å²) >= 11 is 4.86. The van der Waals surface area contributed by atoms with Crippen molar-refractivity contribution in [2.75, 3.05) is 20.8 Å². The maximum atomic E-state index is 12.1. The van der Waals surface area contributed by atoms with Crippen LogP contribution in [0.2, 0.25) is 0 Å². The molecule has 1 N–H and O–H groups in total. The van der Waals surface area contributed by atoms with Gasteiger partial charge >= 0.3 is 5.97 Å². The summed E-state index contributed by atoms with van der Waals surface area (Å²) in [7, 11) is 2.96. The number of benzene rings is 1. The van der Waals surface area contributed by atoms with E-state index in [0.29, 0.717) is 22.5 Å². The van der Waals surface area contributed by atoms with Crippen LogP contribution in [0, 0.1) is 0 Å². The van der Waals surface area contributed by atoms with Crippen LogP contribution in [0.5, 0.6) is 11.5 Å². The number of thiophene rings is 1. The summed E-state index contributed by atoms with van der Waals surface area (Å²) in [5.74, 6) is -0.134. The standard InChI is InChI=1S/C16H16BrNO5S/c1-21-12-6-10(7-13(22-2)15(12)17)16(20)23-9-14(19)18-8-11-4-3-5-24-11/h3-7H,8-9H2,1-2H3,(H,18,19). The van der Waals surface area contributed by atoms with E-state index in [9.17, 15) is 9.59 Å². The van der Waals surface area contributed by atoms with E-state index < -0.39 is 5.97 Å². The highest BCUT2D eigenvalue weighted by Crippen LogP contribution is 2.35. The van der Waals surface area contributed by atoms with Gasteiger partial charge in [-0.1, -0.05) is 6.07 Å². The normalized spacial score (nSPS) is 10.1. The fourth-order valence-electron chi connectivity index (χ4n) is 1.85. The number of hydrogen-bond acceptors (Lipinski definition) is 6. The van der Waals surface area contributed by atoms with E-state index in [2.05, 4.69) is 21.2 Å². The van der Waals surface area contributed by atoms with Gasteiger partial charge in [-0.05, 0) is 39.5 Å². The third kappa shape index (κ3) is 4.72. The zero-order valence-corrected chi connectivity index (χ0v) is 15.5. The van der Waals surface area contributed by atoms with E-state index in [1.54, 1.807) is 11.3 Å². The molecular formula is C16H16BrNO5S. The molecule has 0 aliphatic rings. The molecule has 2 aromatic rings. The quantitative estimate of drug-likeness (QED) is 0.706. The highest BCUT2D eigenvalue weighted by atomic mass is 79.9. The molecule has 0 radical (unpaired) electrons. The fourth-order valence-corrected chi connectivity index (χ4v) is 3.05. The van der Waals surface area contributed by atoms with Gasteiger partial charge in [0.1, 0.15) is 16.0 Å². The van der Waals surface area contributed by atoms with Crippen molar-refractivity contribution in [3.05, 3.63) is 44.6 Å². The molecule has 0 fully saturated rings. The lowest BCUT2D eigenvalue weighted by molar-refractivity contribution is -0.124. The topological polar surface area (TPSA) is 73.9 Å². The van der Waals surface area contributed by atoms with E-state index in [1.165, 1.54) is 26.4 Å². The molecule has 128 valence electrons. The highest BCUT2D eigenvalue weighted by Gasteiger charge is 2.16. The van der Waals surface area contributed by atoms with E-state index in [-0.39, 0.29) is 18.1 Å². The number of methoxy groups -OCH3 is 2. The Morgan fingerprint density at radius 1 is 1.21 bits per heavy atom. The number of halogens is 1. The average molecular weight is 414 g/mol. The summed E-state index contributed by atoms with van der Waals surface area (Å²) < 4.78 is 16.0. The van der Waals surface area contributed by atoms with E-state index >= 15 is 0 Å². The zero-order chi connectivity index (χ0) is 17.5. The summed E-state index contributed by atoms with van der Waals surface area (Å²) in [5, 5.41) is 4.61. The van der Waals surface area contributed by atoms with Crippen LogP contribution in [0.1, 0.15) is 15.2 Å². The molecule has 1 heterocycles. The second-order valence-electron chi connectivity index (χ2n) is 4.63. The molecule has 1 aromatic carbocycles. The second-order valence-corrected chi connectivity index (χ2v) is 6.45. The van der Waals surface area contributed by atoms with E-state index in [4.69, 9.17) is 14.2 Å². The summed E-state index contributed by atoms with van der Waals surface area (Å²) in [6.45, 7) is 0.0544. The van der Waals surface area contributed by atoms with Gasteiger partial charge in [0.05, 0.1) is 26.3 Å². The van der Waals surface area contributed by atoms with Crippen molar-refractivity contribution in [2.45, 2.75) is 6.54 Å². The monoisotopic (exact) mass is 413 g/mol. The van der Waals surface area contributed by atoms with Crippen LogP contribution >= 0.6 is 27.3 Å². The molecule has 0 atom stereocenters. The Hall–Kier alpha value is -2.06. The minimum absolute atomic E-state index is 0.234. The number of amides is 1. The largest absolute Gasteiger partial charge is 0.495 e. The van der Waals surface area contributed by atoms with Gasteiger partial charge in [-0.2, -0.15) is 0 Å². The molecule has 0 aliphatic carbocycles. The van der Waals surface area contributed by atoms with Gasteiger partial charge in [-0.25, -0.2) is 4.79 Å². The molecule has 1 amide bonds. The van der Waals surface area contributed by atoms with Crippen molar-refractivity contribution in [1.82, 2.24) is 5.32 Å². The van der Waals surface area contributed by atoms with E-state index in [0.717, 1.165) is 4.88 Å². The Kier molecular flexibility index (Phi) is 6.62. The number of esters is 1. The lowest BCUT2D eigenvalue weighted by atomic mass is 10.2. The van der Waals surface area contributed by atoms with Gasteiger partial charge in [0.25, 0.3) is 5.91 Å². The Morgan fingerprint density at radius 3 is 2.42 bits per heavy atom. The average Bonchev–Trinajstić information content (AvgIpc) is 3.11. The molecule has 6 nitrogen and oxygen atoms in total. The van der Waals surface area contributed by atoms with Crippen LogP contribution in [0.15, 0.2) is 34.1 Å². The van der Waals surface area contributed by atoms with Crippen LogP contribution in [0.3, 0.4) is 0 Å². The van der Waals surface area contributed by atoms with Gasteiger partial charge in [0, 0.05) is 4.88 Å². The summed E-state index contributed by atoms with van der Waals surface area (Å²) in [5.41, 5.74) is 0.234. The molecule has 1 aromatic heterocycles. The molecule has 2 rings (SSSR count). The van der Waals surface area contributed by atoms with Crippen LogP contribution in [-0.2, 0) is 16.1 Å². The summed E-state index contributed by atoms with van der Waals surface area (Å²) in [6, 6.07) is 6.84. The first-order valence-electron chi connectivity index (χ1n) is 6.93. The van der Waals surface area contributed by atoms with Gasteiger partial charge in [0.2, 0.25) is 0 Å². The second kappa shape index (κ2) is 8.70. The number of hydrogen-bond donors (Lipinski definition) is 1. The highest BCUT2D eigenvalue weighted by molar-refractivity contribution is 9.10. The van der Waals surface area contributed by atoms with Crippen LogP contribution in [-0.4, -0.2) is 32.7 Å². The molecule has 0 spiro atoms. The smallest absolute Gasteiger partial charge is 0.338 e. The summed E-state index contributed by atoms with van der Waals surface area (Å²) in [6.07, 6.45) is 0. The van der Waals surface area contributed by atoms with Gasteiger partial charge in [-0.15, -0.1) is 11.3 Å². The summed E-state index contributed by atoms with van der Waals surface area (Å²) in [4.78, 5) is 24.9. The molecule has 8 heteroatoms. The first kappa shape index (κ1) is 18.3. The number of nitrogens with one attached hydrogen (secondary N) is 1. The Balaban J connectivity index is 1.93. The molecule has 0 unspecified atom stereocenters. The van der Waals surface area contributed by atoms with Crippen molar-refractivity contribution in [3.63, 3.8) is 0 Å². The Morgan fingerprint density at radius 2 is 1.88 bits per heavy atom. The SMILES string of the molecule is COc1cc(C(=O)OCC(=O)NCc2cccs2)cc(OC)c1Br. The first-order chi connectivity index (χ1) is 11.5. The number of carbonyl (C=O) groups excluding carboxylic acids is 2. The lowest BCUT2D eigenvalue weighted by Crippen LogP contribution is -2.28.